The van der Waals surface area contributed by atoms with Crippen molar-refractivity contribution in [2.45, 2.75) is 39.7 Å². The second kappa shape index (κ2) is 7.84. The number of aromatic nitrogens is 1. The summed E-state index contributed by atoms with van der Waals surface area (Å²) in [6, 6.07) is 0. The van der Waals surface area contributed by atoms with Crippen LogP contribution in [0.2, 0.25) is 0 Å². The van der Waals surface area contributed by atoms with Crippen LogP contribution in [-0.4, -0.2) is 28.1 Å². The third-order valence-corrected chi connectivity index (χ3v) is 3.81. The number of nitrogens with zero attached hydrogens (tertiary/aromatic N) is 1. The highest BCUT2D eigenvalue weighted by atomic mass is 32.1. The van der Waals surface area contributed by atoms with E-state index in [-0.39, 0.29) is 23.1 Å². The molecular formula is C13H20N2O4S. The second-order valence-corrected chi connectivity index (χ2v) is 5.73. The van der Waals surface area contributed by atoms with Crippen LogP contribution in [0.1, 0.15) is 31.9 Å². The van der Waals surface area contributed by atoms with Crippen LogP contribution in [0.4, 0.5) is 0 Å². The van der Waals surface area contributed by atoms with Crippen LogP contribution >= 0.6 is 11.3 Å². The maximum absolute atomic E-state index is 11.6. The van der Waals surface area contributed by atoms with E-state index in [4.69, 9.17) is 5.11 Å². The van der Waals surface area contributed by atoms with E-state index in [0.717, 1.165) is 17.0 Å². The van der Waals surface area contributed by atoms with Crippen molar-refractivity contribution in [3.05, 3.63) is 20.7 Å². The van der Waals surface area contributed by atoms with Crippen molar-refractivity contribution in [2.24, 2.45) is 5.92 Å². The van der Waals surface area contributed by atoms with Crippen LogP contribution in [0.3, 0.4) is 0 Å². The third kappa shape index (κ3) is 5.56. The minimum atomic E-state index is -0.862. The van der Waals surface area contributed by atoms with Crippen molar-refractivity contribution in [3.8, 4) is 0 Å². The highest BCUT2D eigenvalue weighted by molar-refractivity contribution is 7.07. The van der Waals surface area contributed by atoms with E-state index >= 15 is 0 Å². The molecule has 0 saturated heterocycles. The molecule has 1 heterocycles. The number of carbonyl (C=O) groups is 2. The van der Waals surface area contributed by atoms with Gasteiger partial charge < -0.3 is 15.0 Å². The molecule has 0 saturated carbocycles. The van der Waals surface area contributed by atoms with Gasteiger partial charge in [-0.2, -0.15) is 0 Å². The van der Waals surface area contributed by atoms with Crippen molar-refractivity contribution in [3.63, 3.8) is 0 Å². The van der Waals surface area contributed by atoms with Gasteiger partial charge in [0, 0.05) is 37.0 Å². The summed E-state index contributed by atoms with van der Waals surface area (Å²) in [5, 5.41) is 13.1. The normalized spacial score (nSPS) is 12.1. The van der Waals surface area contributed by atoms with Crippen LogP contribution in [0, 0.1) is 12.8 Å². The lowest BCUT2D eigenvalue weighted by Crippen LogP contribution is -2.29. The Morgan fingerprint density at radius 1 is 1.50 bits per heavy atom. The lowest BCUT2D eigenvalue weighted by atomic mass is 10.1. The lowest BCUT2D eigenvalue weighted by molar-refractivity contribution is -0.138. The number of carboxylic acid groups (broad SMARTS) is 1. The summed E-state index contributed by atoms with van der Waals surface area (Å²) in [6.45, 7) is 4.54. The van der Waals surface area contributed by atoms with Crippen LogP contribution in [0.25, 0.3) is 0 Å². The Labute approximate surface area is 121 Å². The topological polar surface area (TPSA) is 88.4 Å². The van der Waals surface area contributed by atoms with Crippen LogP contribution < -0.4 is 10.2 Å². The van der Waals surface area contributed by atoms with E-state index in [9.17, 15) is 14.4 Å². The zero-order chi connectivity index (χ0) is 15.1. The first-order valence-corrected chi connectivity index (χ1v) is 7.41. The number of hydrogen-bond donors (Lipinski definition) is 2. The molecule has 6 nitrogen and oxygen atoms in total. The molecule has 112 valence electrons. The summed E-state index contributed by atoms with van der Waals surface area (Å²) in [7, 11) is 0. The Bertz CT molecular complexity index is 521. The van der Waals surface area contributed by atoms with E-state index < -0.39 is 5.97 Å². The van der Waals surface area contributed by atoms with Gasteiger partial charge in [0.05, 0.1) is 0 Å². The van der Waals surface area contributed by atoms with E-state index in [0.29, 0.717) is 25.9 Å². The van der Waals surface area contributed by atoms with Crippen LogP contribution in [0.15, 0.2) is 10.2 Å². The van der Waals surface area contributed by atoms with E-state index in [1.54, 1.807) is 16.9 Å². The Morgan fingerprint density at radius 3 is 2.75 bits per heavy atom. The molecule has 2 N–H and O–H groups in total. The van der Waals surface area contributed by atoms with Gasteiger partial charge in [-0.25, -0.2) is 0 Å². The SMILES string of the molecule is Cc1csc(=O)n1CCCC(=O)NCC(C)CC(=O)O. The fourth-order valence-electron chi connectivity index (χ4n) is 1.82. The van der Waals surface area contributed by atoms with Crippen LogP contribution in [-0.2, 0) is 16.1 Å². The summed E-state index contributed by atoms with van der Waals surface area (Å²) < 4.78 is 1.66. The fraction of sp³-hybridized carbons (Fsp3) is 0.615. The van der Waals surface area contributed by atoms with Gasteiger partial charge in [0.25, 0.3) is 0 Å². The third-order valence-electron chi connectivity index (χ3n) is 2.93. The van der Waals surface area contributed by atoms with Gasteiger partial charge in [-0.3, -0.25) is 14.4 Å². The minimum Gasteiger partial charge on any atom is -0.481 e. The smallest absolute Gasteiger partial charge is 0.307 e. The maximum atomic E-state index is 11.6. The molecule has 0 radical (unpaired) electrons. The number of carbonyl (C=O) groups excluding carboxylic acids is 1. The zero-order valence-corrected chi connectivity index (χ0v) is 12.5. The monoisotopic (exact) mass is 300 g/mol. The molecule has 1 amide bonds. The Hall–Kier alpha value is -1.63. The van der Waals surface area contributed by atoms with Gasteiger partial charge in [0.1, 0.15) is 0 Å². The summed E-state index contributed by atoms with van der Waals surface area (Å²) in [4.78, 5) is 33.5. The highest BCUT2D eigenvalue weighted by Crippen LogP contribution is 2.03. The van der Waals surface area contributed by atoms with Gasteiger partial charge in [0.15, 0.2) is 0 Å². The van der Waals surface area contributed by atoms with Gasteiger partial charge in [-0.1, -0.05) is 18.3 Å². The first-order chi connectivity index (χ1) is 9.40. The van der Waals surface area contributed by atoms with Crippen molar-refractivity contribution in [1.29, 1.82) is 0 Å². The summed E-state index contributed by atoms with van der Waals surface area (Å²) >= 11 is 1.16. The number of amides is 1. The van der Waals surface area contributed by atoms with Gasteiger partial charge in [-0.05, 0) is 19.3 Å². The predicted molar refractivity (Wildman–Crippen MR) is 77.0 cm³/mol. The molecule has 0 aliphatic heterocycles. The number of rotatable bonds is 8. The summed E-state index contributed by atoms with van der Waals surface area (Å²) in [6.07, 6.45) is 0.974. The molecule has 0 bridgehead atoms. The van der Waals surface area contributed by atoms with Gasteiger partial charge in [-0.15, -0.1) is 0 Å². The van der Waals surface area contributed by atoms with Gasteiger partial charge >= 0.3 is 10.8 Å². The summed E-state index contributed by atoms with van der Waals surface area (Å²) in [5.41, 5.74) is 0.912. The number of thiazole rings is 1. The Kier molecular flexibility index (Phi) is 6.44. The molecule has 7 heteroatoms. The quantitative estimate of drug-likeness (QED) is 0.755. The molecular weight excluding hydrogens is 280 g/mol. The molecule has 1 aromatic heterocycles. The molecule has 0 fully saturated rings. The molecule has 1 atom stereocenters. The van der Waals surface area contributed by atoms with Crippen molar-refractivity contribution >= 4 is 23.2 Å². The zero-order valence-electron chi connectivity index (χ0n) is 11.7. The molecule has 0 aromatic carbocycles. The Balaban J connectivity index is 2.24. The van der Waals surface area contributed by atoms with Crippen LogP contribution in [0.5, 0.6) is 0 Å². The van der Waals surface area contributed by atoms with E-state index in [2.05, 4.69) is 5.32 Å². The molecule has 20 heavy (non-hydrogen) atoms. The molecule has 0 spiro atoms. The van der Waals surface area contributed by atoms with Crippen molar-refractivity contribution in [2.75, 3.05) is 6.54 Å². The number of aryl methyl sites for hydroxylation is 1. The molecule has 1 aromatic rings. The lowest BCUT2D eigenvalue weighted by Gasteiger charge is -2.10. The molecule has 1 unspecified atom stereocenters. The predicted octanol–water partition coefficient (Wildman–Crippen LogP) is 1.23. The first-order valence-electron chi connectivity index (χ1n) is 6.53. The minimum absolute atomic E-state index is 0.00186. The summed E-state index contributed by atoms with van der Waals surface area (Å²) in [5.74, 6) is -1.06. The molecule has 1 rings (SSSR count). The number of aliphatic carboxylic acids is 1. The standard InChI is InChI=1S/C13H20N2O4S/c1-9(6-12(17)18)7-14-11(16)4-3-5-15-10(2)8-20-13(15)19/h8-9H,3-7H2,1-2H3,(H,14,16)(H,17,18). The van der Waals surface area contributed by atoms with E-state index in [1.807, 2.05) is 6.92 Å². The molecule has 0 aliphatic carbocycles. The average Bonchev–Trinajstić information content (AvgIpc) is 2.67. The average molecular weight is 300 g/mol. The highest BCUT2D eigenvalue weighted by Gasteiger charge is 2.09. The van der Waals surface area contributed by atoms with E-state index in [1.165, 1.54) is 0 Å². The number of carboxylic acids is 1. The maximum Gasteiger partial charge on any atom is 0.307 e. The van der Waals surface area contributed by atoms with Gasteiger partial charge in [0.2, 0.25) is 5.91 Å². The number of nitrogens with one attached hydrogen (secondary N) is 1. The first kappa shape index (κ1) is 16.4. The number of hydrogen-bond acceptors (Lipinski definition) is 4. The van der Waals surface area contributed by atoms with Crippen molar-refractivity contribution < 1.29 is 14.7 Å². The fourth-order valence-corrected chi connectivity index (χ4v) is 2.58. The van der Waals surface area contributed by atoms with Crippen molar-refractivity contribution in [1.82, 2.24) is 9.88 Å². The Morgan fingerprint density at radius 2 is 2.20 bits per heavy atom. The molecule has 0 aliphatic rings. The largest absolute Gasteiger partial charge is 0.481 e. The second-order valence-electron chi connectivity index (χ2n) is 4.91.